The number of anilines is 1. The predicted molar refractivity (Wildman–Crippen MR) is 103 cm³/mol. The maximum atomic E-state index is 12.9. The van der Waals surface area contributed by atoms with E-state index in [4.69, 9.17) is 11.6 Å². The summed E-state index contributed by atoms with van der Waals surface area (Å²) >= 11 is 5.88. The number of aryl methyl sites for hydroxylation is 1. The number of nitrogens with one attached hydrogen (secondary N) is 2. The molecule has 0 bridgehead atoms. The molecule has 0 spiro atoms. The molecule has 0 radical (unpaired) electrons. The van der Waals surface area contributed by atoms with Gasteiger partial charge in [-0.15, -0.1) is 0 Å². The van der Waals surface area contributed by atoms with E-state index in [1.54, 1.807) is 25.1 Å². The lowest BCUT2D eigenvalue weighted by Gasteiger charge is -2.09. The van der Waals surface area contributed by atoms with Crippen LogP contribution in [0.25, 0.3) is 0 Å². The molecular weight excluding hydrogens is 367 g/mol. The number of halogens is 2. The van der Waals surface area contributed by atoms with Crippen molar-refractivity contribution in [2.45, 2.75) is 20.0 Å². The van der Waals surface area contributed by atoms with Gasteiger partial charge in [-0.3, -0.25) is 4.79 Å². The summed E-state index contributed by atoms with van der Waals surface area (Å²) in [7, 11) is 0. The van der Waals surface area contributed by atoms with Gasteiger partial charge in [0.15, 0.2) is 0 Å². The van der Waals surface area contributed by atoms with Crippen LogP contribution in [0.4, 0.5) is 10.2 Å². The van der Waals surface area contributed by atoms with Crippen molar-refractivity contribution in [3.63, 3.8) is 0 Å². The van der Waals surface area contributed by atoms with Crippen LogP contribution in [0.3, 0.4) is 0 Å². The fourth-order valence-corrected chi connectivity index (χ4v) is 2.57. The Morgan fingerprint density at radius 3 is 2.33 bits per heavy atom. The van der Waals surface area contributed by atoms with E-state index in [-0.39, 0.29) is 24.0 Å². The van der Waals surface area contributed by atoms with E-state index in [1.807, 2.05) is 24.3 Å². The Balaban J connectivity index is 1.63. The molecule has 1 heterocycles. The summed E-state index contributed by atoms with van der Waals surface area (Å²) in [5, 5.41) is 6.63. The van der Waals surface area contributed by atoms with E-state index < -0.39 is 0 Å². The summed E-state index contributed by atoms with van der Waals surface area (Å²) in [5.74, 6) is 0.416. The summed E-state index contributed by atoms with van der Waals surface area (Å²) in [5.41, 5.74) is 2.11. The normalized spacial score (nSPS) is 10.5. The Kier molecular flexibility index (Phi) is 5.98. The first-order chi connectivity index (χ1) is 13.0. The molecule has 0 saturated carbocycles. The topological polar surface area (TPSA) is 66.9 Å². The second-order valence-electron chi connectivity index (χ2n) is 5.97. The Morgan fingerprint density at radius 1 is 1.00 bits per heavy atom. The zero-order chi connectivity index (χ0) is 19.2. The number of hydrogen-bond donors (Lipinski definition) is 2. The van der Waals surface area contributed by atoms with Crippen molar-refractivity contribution in [1.82, 2.24) is 15.3 Å². The number of carbonyl (C=O) groups is 1. The second kappa shape index (κ2) is 8.60. The van der Waals surface area contributed by atoms with E-state index in [0.29, 0.717) is 23.2 Å². The molecule has 138 valence electrons. The van der Waals surface area contributed by atoms with Crippen LogP contribution in [0.15, 0.2) is 54.6 Å². The lowest BCUT2D eigenvalue weighted by molar-refractivity contribution is 0.0945. The van der Waals surface area contributed by atoms with Crippen molar-refractivity contribution in [3.8, 4) is 0 Å². The van der Waals surface area contributed by atoms with E-state index in [9.17, 15) is 9.18 Å². The molecule has 27 heavy (non-hydrogen) atoms. The molecule has 0 aliphatic carbocycles. The molecule has 2 aromatic carbocycles. The first kappa shape index (κ1) is 18.8. The molecule has 0 unspecified atom stereocenters. The number of aromatic nitrogens is 2. The fourth-order valence-electron chi connectivity index (χ4n) is 2.44. The molecule has 1 amide bonds. The molecule has 2 N–H and O–H groups in total. The van der Waals surface area contributed by atoms with Gasteiger partial charge in [0, 0.05) is 24.2 Å². The highest BCUT2D eigenvalue weighted by Gasteiger charge is 2.10. The third-order valence-corrected chi connectivity index (χ3v) is 4.08. The average Bonchev–Trinajstić information content (AvgIpc) is 2.66. The van der Waals surface area contributed by atoms with Crippen molar-refractivity contribution < 1.29 is 9.18 Å². The van der Waals surface area contributed by atoms with Gasteiger partial charge in [-0.1, -0.05) is 35.9 Å². The standard InChI is InChI=1S/C20H18ClFN4O/c1-13-25-18(20(27)24-12-15-4-8-17(22)9-5-15)10-19(26-13)23-11-14-2-6-16(21)7-3-14/h2-10H,11-12H2,1H3,(H,24,27)(H,23,25,26). The van der Waals surface area contributed by atoms with Crippen LogP contribution in [-0.2, 0) is 13.1 Å². The minimum atomic E-state index is -0.320. The lowest BCUT2D eigenvalue weighted by atomic mass is 10.2. The van der Waals surface area contributed by atoms with Gasteiger partial charge in [0.1, 0.15) is 23.2 Å². The van der Waals surface area contributed by atoms with Crippen LogP contribution in [0.5, 0.6) is 0 Å². The lowest BCUT2D eigenvalue weighted by Crippen LogP contribution is -2.24. The smallest absolute Gasteiger partial charge is 0.270 e. The number of amides is 1. The van der Waals surface area contributed by atoms with Gasteiger partial charge in [-0.2, -0.15) is 0 Å². The zero-order valence-corrected chi connectivity index (χ0v) is 15.4. The maximum Gasteiger partial charge on any atom is 0.270 e. The quantitative estimate of drug-likeness (QED) is 0.671. The van der Waals surface area contributed by atoms with Gasteiger partial charge in [-0.25, -0.2) is 14.4 Å². The fraction of sp³-hybridized carbons (Fsp3) is 0.150. The van der Waals surface area contributed by atoms with E-state index in [0.717, 1.165) is 11.1 Å². The first-order valence-electron chi connectivity index (χ1n) is 8.36. The van der Waals surface area contributed by atoms with Crippen LogP contribution >= 0.6 is 11.6 Å². The number of carbonyl (C=O) groups excluding carboxylic acids is 1. The number of benzene rings is 2. The molecule has 0 aliphatic heterocycles. The van der Waals surface area contributed by atoms with Gasteiger partial charge < -0.3 is 10.6 Å². The maximum absolute atomic E-state index is 12.9. The predicted octanol–water partition coefficient (Wildman–Crippen LogP) is 4.12. The van der Waals surface area contributed by atoms with Crippen LogP contribution in [0.2, 0.25) is 5.02 Å². The average molecular weight is 385 g/mol. The van der Waals surface area contributed by atoms with Crippen molar-refractivity contribution in [1.29, 1.82) is 0 Å². The summed E-state index contributed by atoms with van der Waals surface area (Å²) in [6.45, 7) is 2.56. The first-order valence-corrected chi connectivity index (χ1v) is 8.74. The van der Waals surface area contributed by atoms with Crippen molar-refractivity contribution >= 4 is 23.3 Å². The number of rotatable bonds is 6. The molecule has 7 heteroatoms. The van der Waals surface area contributed by atoms with Gasteiger partial charge in [0.25, 0.3) is 5.91 Å². The number of nitrogens with zero attached hydrogens (tertiary/aromatic N) is 2. The van der Waals surface area contributed by atoms with Crippen LogP contribution < -0.4 is 10.6 Å². The Morgan fingerprint density at radius 2 is 1.63 bits per heavy atom. The Bertz CT molecular complexity index is 930. The van der Waals surface area contributed by atoms with Crippen LogP contribution in [0.1, 0.15) is 27.4 Å². The minimum absolute atomic E-state index is 0.267. The van der Waals surface area contributed by atoms with E-state index in [2.05, 4.69) is 20.6 Å². The molecule has 0 saturated heterocycles. The van der Waals surface area contributed by atoms with Crippen molar-refractivity contribution in [3.05, 3.63) is 88.1 Å². The number of hydrogen-bond acceptors (Lipinski definition) is 4. The summed E-state index contributed by atoms with van der Waals surface area (Å²) in [6, 6.07) is 15.0. The van der Waals surface area contributed by atoms with Crippen molar-refractivity contribution in [2.24, 2.45) is 0 Å². The molecule has 1 aromatic heterocycles. The van der Waals surface area contributed by atoms with Gasteiger partial charge in [0.05, 0.1) is 0 Å². The molecule has 0 fully saturated rings. The molecule has 0 aliphatic rings. The van der Waals surface area contributed by atoms with Gasteiger partial charge in [-0.05, 0) is 42.3 Å². The minimum Gasteiger partial charge on any atom is -0.366 e. The molecule has 3 aromatic rings. The Hall–Kier alpha value is -2.99. The Labute approximate surface area is 161 Å². The van der Waals surface area contributed by atoms with E-state index >= 15 is 0 Å². The molecule has 3 rings (SSSR count). The highest BCUT2D eigenvalue weighted by Crippen LogP contribution is 2.12. The van der Waals surface area contributed by atoms with Gasteiger partial charge in [0.2, 0.25) is 0 Å². The zero-order valence-electron chi connectivity index (χ0n) is 14.7. The monoisotopic (exact) mass is 384 g/mol. The highest BCUT2D eigenvalue weighted by atomic mass is 35.5. The summed E-state index contributed by atoms with van der Waals surface area (Å²) in [6.07, 6.45) is 0. The third kappa shape index (κ3) is 5.49. The third-order valence-electron chi connectivity index (χ3n) is 3.82. The SMILES string of the molecule is Cc1nc(NCc2ccc(Cl)cc2)cc(C(=O)NCc2ccc(F)cc2)n1. The van der Waals surface area contributed by atoms with Crippen LogP contribution in [0, 0.1) is 12.7 Å². The van der Waals surface area contributed by atoms with E-state index in [1.165, 1.54) is 12.1 Å². The highest BCUT2D eigenvalue weighted by molar-refractivity contribution is 6.30. The van der Waals surface area contributed by atoms with Gasteiger partial charge >= 0.3 is 0 Å². The summed E-state index contributed by atoms with van der Waals surface area (Å²) in [4.78, 5) is 20.9. The molecular formula is C20H18ClFN4O. The summed E-state index contributed by atoms with van der Waals surface area (Å²) < 4.78 is 12.9. The molecule has 5 nitrogen and oxygen atoms in total. The second-order valence-corrected chi connectivity index (χ2v) is 6.41. The molecule has 0 atom stereocenters. The largest absolute Gasteiger partial charge is 0.366 e. The van der Waals surface area contributed by atoms with Crippen molar-refractivity contribution in [2.75, 3.05) is 5.32 Å². The van der Waals surface area contributed by atoms with Crippen LogP contribution in [-0.4, -0.2) is 15.9 Å².